The molecule has 4 heteroatoms. The molecule has 4 nitrogen and oxygen atoms in total. The lowest BCUT2D eigenvalue weighted by molar-refractivity contribution is 0.00618. The summed E-state index contributed by atoms with van der Waals surface area (Å²) in [6.45, 7) is 6.49. The number of piperidine rings is 1. The Balaban J connectivity index is 1.89. The van der Waals surface area contributed by atoms with Crippen LogP contribution in [0.5, 0.6) is 0 Å². The van der Waals surface area contributed by atoms with Crippen molar-refractivity contribution < 1.29 is 14.6 Å². The minimum absolute atomic E-state index is 0.194. The van der Waals surface area contributed by atoms with Crippen LogP contribution >= 0.6 is 0 Å². The van der Waals surface area contributed by atoms with Crippen molar-refractivity contribution in [2.24, 2.45) is 0 Å². The molecule has 1 saturated heterocycles. The maximum Gasteiger partial charge on any atom is 0.410 e. The molecule has 0 bridgehead atoms. The maximum absolute atomic E-state index is 12.2. The molecular formula is C15H27NO3. The van der Waals surface area contributed by atoms with Crippen molar-refractivity contribution in [2.75, 3.05) is 6.54 Å². The minimum Gasteiger partial charge on any atom is -0.444 e. The molecular weight excluding hydrogens is 242 g/mol. The van der Waals surface area contributed by atoms with E-state index in [1.807, 2.05) is 25.7 Å². The Morgan fingerprint density at radius 2 is 2.05 bits per heavy atom. The minimum atomic E-state index is -0.437. The van der Waals surface area contributed by atoms with Crippen molar-refractivity contribution in [1.29, 1.82) is 0 Å². The molecule has 2 aliphatic rings. The van der Waals surface area contributed by atoms with Crippen molar-refractivity contribution in [3.63, 3.8) is 0 Å². The Labute approximate surface area is 116 Å². The summed E-state index contributed by atoms with van der Waals surface area (Å²) >= 11 is 0. The first kappa shape index (κ1) is 14.6. The van der Waals surface area contributed by atoms with Gasteiger partial charge >= 0.3 is 6.09 Å². The molecule has 2 fully saturated rings. The molecule has 0 radical (unpaired) electrons. The van der Waals surface area contributed by atoms with E-state index in [-0.39, 0.29) is 12.1 Å². The maximum atomic E-state index is 12.2. The Kier molecular flexibility index (Phi) is 4.09. The highest BCUT2D eigenvalue weighted by Crippen LogP contribution is 2.40. The zero-order valence-electron chi connectivity index (χ0n) is 12.4. The molecule has 19 heavy (non-hydrogen) atoms. The van der Waals surface area contributed by atoms with Crippen LogP contribution in [0.1, 0.15) is 65.7 Å². The average molecular weight is 269 g/mol. The van der Waals surface area contributed by atoms with Crippen molar-refractivity contribution in [3.05, 3.63) is 0 Å². The van der Waals surface area contributed by atoms with E-state index in [0.29, 0.717) is 0 Å². The van der Waals surface area contributed by atoms with Gasteiger partial charge in [-0.2, -0.15) is 0 Å². The van der Waals surface area contributed by atoms with Gasteiger partial charge in [0.05, 0.1) is 5.60 Å². The Bertz CT molecular complexity index is 331. The summed E-state index contributed by atoms with van der Waals surface area (Å²) < 4.78 is 5.48. The van der Waals surface area contributed by atoms with Crippen LogP contribution in [-0.2, 0) is 4.74 Å². The second-order valence-corrected chi connectivity index (χ2v) is 7.09. The van der Waals surface area contributed by atoms with Gasteiger partial charge in [-0.05, 0) is 65.7 Å². The van der Waals surface area contributed by atoms with Gasteiger partial charge in [-0.3, -0.25) is 0 Å². The van der Waals surface area contributed by atoms with Crippen LogP contribution in [0.4, 0.5) is 4.79 Å². The fourth-order valence-corrected chi connectivity index (χ4v) is 2.69. The van der Waals surface area contributed by atoms with Crippen LogP contribution in [-0.4, -0.2) is 39.9 Å². The topological polar surface area (TPSA) is 49.8 Å². The summed E-state index contributed by atoms with van der Waals surface area (Å²) in [5.41, 5.74) is -0.856. The third-order valence-corrected chi connectivity index (χ3v) is 4.03. The molecule has 1 aliphatic carbocycles. The summed E-state index contributed by atoms with van der Waals surface area (Å²) in [4.78, 5) is 14.1. The van der Waals surface area contributed by atoms with Crippen molar-refractivity contribution in [1.82, 2.24) is 4.90 Å². The number of hydrogen-bond acceptors (Lipinski definition) is 3. The Morgan fingerprint density at radius 3 is 2.63 bits per heavy atom. The molecule has 1 aliphatic heterocycles. The van der Waals surface area contributed by atoms with E-state index in [1.165, 1.54) is 6.42 Å². The molecule has 0 aromatic rings. The standard InChI is InChI=1S/C15H27NO3/c1-14(2,3)19-13(17)16-11-5-4-6-12(16)7-8-15(18)9-10-15/h12,18H,4-11H2,1-3H3. The van der Waals surface area contributed by atoms with Crippen LogP contribution in [0.15, 0.2) is 0 Å². The number of rotatable bonds is 3. The smallest absolute Gasteiger partial charge is 0.410 e. The third kappa shape index (κ3) is 4.37. The highest BCUT2D eigenvalue weighted by atomic mass is 16.6. The zero-order valence-corrected chi connectivity index (χ0v) is 12.4. The molecule has 0 aromatic heterocycles. The van der Waals surface area contributed by atoms with Gasteiger partial charge in [0.2, 0.25) is 0 Å². The van der Waals surface area contributed by atoms with Gasteiger partial charge < -0.3 is 14.7 Å². The predicted octanol–water partition coefficient (Wildman–Crippen LogP) is 3.08. The van der Waals surface area contributed by atoms with Crippen molar-refractivity contribution in [3.8, 4) is 0 Å². The molecule has 0 spiro atoms. The number of aliphatic hydroxyl groups is 1. The number of nitrogens with zero attached hydrogens (tertiary/aromatic N) is 1. The lowest BCUT2D eigenvalue weighted by Crippen LogP contribution is -2.46. The van der Waals surface area contributed by atoms with Gasteiger partial charge in [-0.1, -0.05) is 0 Å². The van der Waals surface area contributed by atoms with Crippen molar-refractivity contribution in [2.45, 2.75) is 83.0 Å². The summed E-state index contributed by atoms with van der Waals surface area (Å²) in [6.07, 6.45) is 6.63. The first-order valence-corrected chi connectivity index (χ1v) is 7.51. The van der Waals surface area contributed by atoms with Gasteiger partial charge in [0.15, 0.2) is 0 Å². The van der Waals surface area contributed by atoms with Gasteiger partial charge in [0.25, 0.3) is 0 Å². The summed E-state index contributed by atoms with van der Waals surface area (Å²) in [7, 11) is 0. The second-order valence-electron chi connectivity index (χ2n) is 7.09. The number of carbonyl (C=O) groups excluding carboxylic acids is 1. The summed E-state index contributed by atoms with van der Waals surface area (Å²) in [5, 5.41) is 9.94. The molecule has 1 atom stereocenters. The van der Waals surface area contributed by atoms with Crippen LogP contribution < -0.4 is 0 Å². The van der Waals surface area contributed by atoms with Crippen molar-refractivity contribution >= 4 is 6.09 Å². The van der Waals surface area contributed by atoms with E-state index in [4.69, 9.17) is 4.74 Å². The summed E-state index contributed by atoms with van der Waals surface area (Å²) in [6, 6.07) is 0.244. The Hall–Kier alpha value is -0.770. The molecule has 1 amide bonds. The fourth-order valence-electron chi connectivity index (χ4n) is 2.69. The number of likely N-dealkylation sites (tertiary alicyclic amines) is 1. The number of ether oxygens (including phenoxy) is 1. The molecule has 1 saturated carbocycles. The lowest BCUT2D eigenvalue weighted by Gasteiger charge is -2.37. The average Bonchev–Trinajstić information content (AvgIpc) is 3.03. The number of hydrogen-bond donors (Lipinski definition) is 1. The van der Waals surface area contributed by atoms with Gasteiger partial charge in [0.1, 0.15) is 5.60 Å². The quantitative estimate of drug-likeness (QED) is 0.856. The van der Waals surface area contributed by atoms with E-state index in [0.717, 1.165) is 45.1 Å². The van der Waals surface area contributed by atoms with E-state index in [2.05, 4.69) is 0 Å². The van der Waals surface area contributed by atoms with Crippen LogP contribution in [0.25, 0.3) is 0 Å². The van der Waals surface area contributed by atoms with Gasteiger partial charge in [-0.15, -0.1) is 0 Å². The molecule has 1 N–H and O–H groups in total. The van der Waals surface area contributed by atoms with Crippen LogP contribution in [0.2, 0.25) is 0 Å². The predicted molar refractivity (Wildman–Crippen MR) is 74.0 cm³/mol. The first-order chi connectivity index (χ1) is 8.79. The number of amides is 1. The molecule has 1 heterocycles. The zero-order chi connectivity index (χ0) is 14.1. The Morgan fingerprint density at radius 1 is 1.37 bits per heavy atom. The molecule has 1 unspecified atom stereocenters. The van der Waals surface area contributed by atoms with Gasteiger partial charge in [0, 0.05) is 12.6 Å². The van der Waals surface area contributed by atoms with Crippen LogP contribution in [0.3, 0.4) is 0 Å². The highest BCUT2D eigenvalue weighted by Gasteiger charge is 2.41. The van der Waals surface area contributed by atoms with Crippen LogP contribution in [0, 0.1) is 0 Å². The number of carbonyl (C=O) groups is 1. The molecule has 0 aromatic carbocycles. The molecule has 2 rings (SSSR count). The lowest BCUT2D eigenvalue weighted by atomic mass is 9.96. The monoisotopic (exact) mass is 269 g/mol. The van der Waals surface area contributed by atoms with E-state index in [9.17, 15) is 9.90 Å². The normalized spacial score (nSPS) is 26.1. The second kappa shape index (κ2) is 5.31. The summed E-state index contributed by atoms with van der Waals surface area (Å²) in [5.74, 6) is 0. The van der Waals surface area contributed by atoms with Gasteiger partial charge in [-0.25, -0.2) is 4.79 Å². The molecule has 110 valence electrons. The SMILES string of the molecule is CC(C)(C)OC(=O)N1CCCCC1CCC1(O)CC1. The van der Waals surface area contributed by atoms with E-state index >= 15 is 0 Å². The van der Waals surface area contributed by atoms with E-state index < -0.39 is 11.2 Å². The van der Waals surface area contributed by atoms with E-state index in [1.54, 1.807) is 0 Å². The highest BCUT2D eigenvalue weighted by molar-refractivity contribution is 5.68. The largest absolute Gasteiger partial charge is 0.444 e. The fraction of sp³-hybridized carbons (Fsp3) is 0.933. The third-order valence-electron chi connectivity index (χ3n) is 4.03. The first-order valence-electron chi connectivity index (χ1n) is 7.51.